The van der Waals surface area contributed by atoms with Crippen molar-refractivity contribution in [1.82, 2.24) is 9.88 Å². The van der Waals surface area contributed by atoms with E-state index in [1.807, 2.05) is 15.9 Å². The maximum Gasteiger partial charge on any atom is 0.267 e. The second kappa shape index (κ2) is 6.31. The maximum absolute atomic E-state index is 12.4. The molecule has 7 heteroatoms. The second-order valence-corrected chi connectivity index (χ2v) is 5.60. The highest BCUT2D eigenvalue weighted by Crippen LogP contribution is 2.20. The first kappa shape index (κ1) is 14.8. The minimum Gasteiger partial charge on any atom is -0.366 e. The van der Waals surface area contributed by atoms with E-state index in [2.05, 4.69) is 4.98 Å². The summed E-state index contributed by atoms with van der Waals surface area (Å²) in [5.41, 5.74) is 6.33. The Balaban J connectivity index is 1.71. The van der Waals surface area contributed by atoms with Gasteiger partial charge in [-0.1, -0.05) is 0 Å². The van der Waals surface area contributed by atoms with Gasteiger partial charge in [0.15, 0.2) is 6.10 Å². The zero-order valence-corrected chi connectivity index (χ0v) is 12.4. The van der Waals surface area contributed by atoms with Crippen LogP contribution >= 0.6 is 0 Å². The number of carbonyl (C=O) groups is 2. The zero-order valence-electron chi connectivity index (χ0n) is 12.4. The first-order valence-corrected chi connectivity index (χ1v) is 7.56. The van der Waals surface area contributed by atoms with Gasteiger partial charge in [0.2, 0.25) is 0 Å². The van der Waals surface area contributed by atoms with Crippen molar-refractivity contribution >= 4 is 17.5 Å². The molecule has 2 aliphatic heterocycles. The van der Waals surface area contributed by atoms with E-state index in [4.69, 9.17) is 10.5 Å². The Morgan fingerprint density at radius 3 is 2.77 bits per heavy atom. The first-order chi connectivity index (χ1) is 10.6. The van der Waals surface area contributed by atoms with Gasteiger partial charge in [-0.3, -0.25) is 14.6 Å². The van der Waals surface area contributed by atoms with Crippen molar-refractivity contribution in [3.63, 3.8) is 0 Å². The van der Waals surface area contributed by atoms with Crippen molar-refractivity contribution in [3.05, 3.63) is 24.0 Å². The summed E-state index contributed by atoms with van der Waals surface area (Å²) in [7, 11) is 0. The third kappa shape index (κ3) is 3.04. The van der Waals surface area contributed by atoms with E-state index >= 15 is 0 Å². The van der Waals surface area contributed by atoms with Gasteiger partial charge >= 0.3 is 0 Å². The number of carbonyl (C=O) groups excluding carboxylic acids is 2. The third-order valence-electron chi connectivity index (χ3n) is 4.12. The number of hydrogen-bond donors (Lipinski definition) is 1. The van der Waals surface area contributed by atoms with Crippen LogP contribution in [0.15, 0.2) is 18.3 Å². The number of rotatable bonds is 3. The van der Waals surface area contributed by atoms with Crippen LogP contribution in [-0.4, -0.2) is 60.6 Å². The van der Waals surface area contributed by atoms with E-state index in [1.165, 1.54) is 0 Å². The Kier molecular flexibility index (Phi) is 4.24. The number of amides is 2. The first-order valence-electron chi connectivity index (χ1n) is 7.56. The van der Waals surface area contributed by atoms with Gasteiger partial charge in [-0.15, -0.1) is 0 Å². The molecule has 1 aromatic heterocycles. The molecule has 3 heterocycles. The van der Waals surface area contributed by atoms with Crippen LogP contribution in [0.1, 0.15) is 23.3 Å². The molecule has 1 atom stereocenters. The van der Waals surface area contributed by atoms with Gasteiger partial charge in [0.1, 0.15) is 5.69 Å². The largest absolute Gasteiger partial charge is 0.366 e. The third-order valence-corrected chi connectivity index (χ3v) is 4.12. The van der Waals surface area contributed by atoms with Crippen LogP contribution < -0.4 is 10.6 Å². The molecular formula is C15H20N4O3. The van der Waals surface area contributed by atoms with Crippen molar-refractivity contribution in [2.75, 3.05) is 37.7 Å². The Hall–Kier alpha value is -2.15. The summed E-state index contributed by atoms with van der Waals surface area (Å²) in [6, 6.07) is 3.47. The quantitative estimate of drug-likeness (QED) is 0.849. The molecule has 7 nitrogen and oxygen atoms in total. The topological polar surface area (TPSA) is 88.8 Å². The summed E-state index contributed by atoms with van der Waals surface area (Å²) in [6.07, 6.45) is 3.24. The zero-order chi connectivity index (χ0) is 15.5. The van der Waals surface area contributed by atoms with Crippen LogP contribution in [0.2, 0.25) is 0 Å². The molecule has 2 saturated heterocycles. The smallest absolute Gasteiger partial charge is 0.267 e. The number of anilines is 1. The molecule has 2 fully saturated rings. The molecule has 2 aliphatic rings. The molecule has 0 aromatic carbocycles. The lowest BCUT2D eigenvalue weighted by atomic mass is 10.2. The number of hydrogen-bond acceptors (Lipinski definition) is 5. The molecule has 0 aliphatic carbocycles. The minimum atomic E-state index is -0.556. The van der Waals surface area contributed by atoms with Gasteiger partial charge < -0.3 is 20.3 Å². The number of likely N-dealkylation sites (tertiary alicyclic amines) is 1. The van der Waals surface area contributed by atoms with Crippen molar-refractivity contribution in [1.29, 1.82) is 0 Å². The van der Waals surface area contributed by atoms with Gasteiger partial charge in [-0.25, -0.2) is 0 Å². The Labute approximate surface area is 129 Å². The standard InChI is InChI=1S/C15H20N4O3/c16-14(20)12-9-11(3-4-17-12)19-7-8-22-13(10-19)15(21)18-5-1-2-6-18/h3-4,9,13H,1-2,5-8,10H2,(H2,16,20). The molecule has 3 rings (SSSR count). The number of nitrogens with zero attached hydrogens (tertiary/aromatic N) is 3. The maximum atomic E-state index is 12.4. The highest BCUT2D eigenvalue weighted by Gasteiger charge is 2.31. The lowest BCUT2D eigenvalue weighted by Crippen LogP contribution is -2.50. The molecule has 2 amide bonds. The number of ether oxygens (including phenoxy) is 1. The fraction of sp³-hybridized carbons (Fsp3) is 0.533. The number of morpholine rings is 1. The van der Waals surface area contributed by atoms with Crippen LogP contribution in [0.3, 0.4) is 0 Å². The van der Waals surface area contributed by atoms with E-state index in [1.54, 1.807) is 12.3 Å². The van der Waals surface area contributed by atoms with E-state index in [9.17, 15) is 9.59 Å². The van der Waals surface area contributed by atoms with Gasteiger partial charge in [-0.05, 0) is 25.0 Å². The highest BCUT2D eigenvalue weighted by atomic mass is 16.5. The van der Waals surface area contributed by atoms with Crippen LogP contribution in [0.5, 0.6) is 0 Å². The SMILES string of the molecule is NC(=O)c1cc(N2CCOC(C(=O)N3CCCC3)C2)ccn1. The molecule has 1 aromatic rings. The molecule has 2 N–H and O–H groups in total. The van der Waals surface area contributed by atoms with Gasteiger partial charge in [0, 0.05) is 31.5 Å². The predicted octanol–water partition coefficient (Wildman–Crippen LogP) is 0.00810. The van der Waals surface area contributed by atoms with E-state index < -0.39 is 12.0 Å². The van der Waals surface area contributed by atoms with Crippen molar-refractivity contribution in [2.45, 2.75) is 18.9 Å². The number of nitrogens with two attached hydrogens (primary N) is 1. The summed E-state index contributed by atoms with van der Waals surface area (Å²) >= 11 is 0. The van der Waals surface area contributed by atoms with Gasteiger partial charge in [0.05, 0.1) is 13.2 Å². The highest BCUT2D eigenvalue weighted by molar-refractivity contribution is 5.91. The van der Waals surface area contributed by atoms with Gasteiger partial charge in [0.25, 0.3) is 11.8 Å². The summed E-state index contributed by atoms with van der Waals surface area (Å²) in [6.45, 7) is 3.28. The minimum absolute atomic E-state index is 0.0615. The Morgan fingerprint density at radius 2 is 2.05 bits per heavy atom. The number of aromatic nitrogens is 1. The normalized spacial score (nSPS) is 21.9. The summed E-state index contributed by atoms with van der Waals surface area (Å²) in [5, 5.41) is 0. The van der Waals surface area contributed by atoms with E-state index in [0.717, 1.165) is 31.6 Å². The summed E-state index contributed by atoms with van der Waals surface area (Å²) in [4.78, 5) is 31.5. The average Bonchev–Trinajstić information content (AvgIpc) is 3.09. The average molecular weight is 304 g/mol. The molecule has 1 unspecified atom stereocenters. The predicted molar refractivity (Wildman–Crippen MR) is 80.5 cm³/mol. The van der Waals surface area contributed by atoms with Crippen LogP contribution in [0, 0.1) is 0 Å². The lowest BCUT2D eigenvalue weighted by molar-refractivity contribution is -0.143. The van der Waals surface area contributed by atoms with Crippen molar-refractivity contribution < 1.29 is 14.3 Å². The van der Waals surface area contributed by atoms with E-state index in [0.29, 0.717) is 19.7 Å². The van der Waals surface area contributed by atoms with Crippen LogP contribution in [-0.2, 0) is 9.53 Å². The lowest BCUT2D eigenvalue weighted by Gasteiger charge is -2.35. The molecule has 0 bridgehead atoms. The van der Waals surface area contributed by atoms with Crippen LogP contribution in [0.4, 0.5) is 5.69 Å². The fourth-order valence-electron chi connectivity index (χ4n) is 2.93. The molecule has 0 radical (unpaired) electrons. The monoisotopic (exact) mass is 304 g/mol. The molecule has 118 valence electrons. The molecule has 22 heavy (non-hydrogen) atoms. The van der Waals surface area contributed by atoms with E-state index in [-0.39, 0.29) is 11.6 Å². The fourth-order valence-corrected chi connectivity index (χ4v) is 2.93. The molecular weight excluding hydrogens is 284 g/mol. The Bertz CT molecular complexity index is 572. The second-order valence-electron chi connectivity index (χ2n) is 5.60. The molecule has 0 spiro atoms. The van der Waals surface area contributed by atoms with Crippen LogP contribution in [0.25, 0.3) is 0 Å². The summed E-state index contributed by atoms with van der Waals surface area (Å²) in [5.74, 6) is -0.494. The Morgan fingerprint density at radius 1 is 1.27 bits per heavy atom. The number of pyridine rings is 1. The molecule has 0 saturated carbocycles. The van der Waals surface area contributed by atoms with Gasteiger partial charge in [-0.2, -0.15) is 0 Å². The van der Waals surface area contributed by atoms with Crippen molar-refractivity contribution in [2.24, 2.45) is 5.73 Å². The number of primary amides is 1. The summed E-state index contributed by atoms with van der Waals surface area (Å²) < 4.78 is 5.64. The van der Waals surface area contributed by atoms with Crippen molar-refractivity contribution in [3.8, 4) is 0 Å².